The zero-order chi connectivity index (χ0) is 63.8. The number of anilines is 2. The average molecular weight is 1250 g/mol. The number of carbonyl (C=O) groups excluding carboxylic acids is 6. The fraction of sp³-hybridized carbons (Fsp3) is 0.143. The van der Waals surface area contributed by atoms with Crippen LogP contribution in [0.2, 0.25) is 0 Å². The van der Waals surface area contributed by atoms with Gasteiger partial charge in [-0.3, -0.25) is 38.6 Å². The van der Waals surface area contributed by atoms with Crippen LogP contribution in [0.1, 0.15) is 48.4 Å². The molecular weight excluding hydrogens is 1210 g/mol. The molecular formula is C70H47F3N6O14. The van der Waals surface area contributed by atoms with Gasteiger partial charge in [0.15, 0.2) is 0 Å². The second kappa shape index (κ2) is 23.0. The third-order valence-corrected chi connectivity index (χ3v) is 16.1. The Hall–Kier alpha value is -11.7. The SMILES string of the molecule is CC(C(=O)Nc1cc(OCC2CO2)ccn1)N1C(=O)c2cc(Oc3ccccc3)c3c4c(Oc5ccccc5)cc5c6c(cc(Oc7ccccc7)c(c7c(Oc8ccccc8)cc(c2c37)C1=O)c64)C(=O)N(C(C(=O)Nc1cc(OCC2CO2)ccn1)C(F)(F)F)C5=O. The maximum absolute atomic E-state index is 16.0. The summed E-state index contributed by atoms with van der Waals surface area (Å²) in [6.45, 7) is 2.78. The molecule has 23 heteroatoms. The molecule has 0 saturated carbocycles. The second-order valence-electron chi connectivity index (χ2n) is 22.2. The van der Waals surface area contributed by atoms with Gasteiger partial charge in [-0.25, -0.2) is 9.97 Å². The number of benzene rings is 9. The summed E-state index contributed by atoms with van der Waals surface area (Å²) >= 11 is 0. The van der Waals surface area contributed by atoms with Crippen molar-refractivity contribution in [3.05, 3.63) is 205 Å². The normalized spacial score (nSPS) is 16.3. The topological polar surface area (TPSA) is 239 Å². The second-order valence-corrected chi connectivity index (χ2v) is 22.2. The van der Waals surface area contributed by atoms with E-state index in [2.05, 4.69) is 20.6 Å². The molecule has 6 amide bonds. The van der Waals surface area contributed by atoms with E-state index in [1.165, 1.54) is 61.8 Å². The van der Waals surface area contributed by atoms with Crippen LogP contribution in [0.5, 0.6) is 57.5 Å². The van der Waals surface area contributed by atoms with Gasteiger partial charge in [-0.1, -0.05) is 72.8 Å². The monoisotopic (exact) mass is 1250 g/mol. The van der Waals surface area contributed by atoms with Crippen LogP contribution in [0.4, 0.5) is 24.8 Å². The summed E-state index contributed by atoms with van der Waals surface area (Å²) in [6.07, 6.45) is -3.23. The van der Waals surface area contributed by atoms with Gasteiger partial charge in [0.25, 0.3) is 29.5 Å². The van der Waals surface area contributed by atoms with Gasteiger partial charge in [-0.05, 0) is 91.9 Å². The minimum absolute atomic E-state index is 0.00968. The van der Waals surface area contributed by atoms with E-state index in [0.29, 0.717) is 19.0 Å². The van der Waals surface area contributed by atoms with Crippen molar-refractivity contribution in [3.63, 3.8) is 0 Å². The minimum Gasteiger partial charge on any atom is -0.491 e. The minimum atomic E-state index is -5.61. The summed E-state index contributed by atoms with van der Waals surface area (Å²) < 4.78 is 97.5. The highest BCUT2D eigenvalue weighted by atomic mass is 19.4. The molecule has 4 aliphatic rings. The summed E-state index contributed by atoms with van der Waals surface area (Å²) in [5.74, 6) is -7.12. The molecule has 6 heterocycles. The van der Waals surface area contributed by atoms with Gasteiger partial charge in [0, 0.05) is 67.6 Å². The number of amides is 6. The van der Waals surface area contributed by atoms with Crippen LogP contribution in [0.25, 0.3) is 43.1 Å². The molecule has 11 aromatic rings. The molecule has 9 aromatic carbocycles. The Morgan fingerprint density at radius 3 is 1.11 bits per heavy atom. The lowest BCUT2D eigenvalue weighted by Gasteiger charge is -2.35. The van der Waals surface area contributed by atoms with Crippen LogP contribution >= 0.6 is 0 Å². The van der Waals surface area contributed by atoms with Crippen LogP contribution in [0.15, 0.2) is 182 Å². The van der Waals surface area contributed by atoms with E-state index >= 15 is 32.3 Å². The van der Waals surface area contributed by atoms with E-state index in [9.17, 15) is 9.59 Å². The molecule has 2 saturated heterocycles. The number of carbonyl (C=O) groups is 6. The predicted octanol–water partition coefficient (Wildman–Crippen LogP) is 13.0. The molecule has 93 heavy (non-hydrogen) atoms. The number of alkyl halides is 3. The molecule has 0 radical (unpaired) electrons. The lowest BCUT2D eigenvalue weighted by atomic mass is 9.80. The summed E-state index contributed by atoms with van der Waals surface area (Å²) in [7, 11) is 0. The summed E-state index contributed by atoms with van der Waals surface area (Å²) in [6, 6.07) is 39.2. The summed E-state index contributed by atoms with van der Waals surface area (Å²) in [5.41, 5.74) is -1.27. The van der Waals surface area contributed by atoms with Crippen molar-refractivity contribution >= 4 is 90.2 Å². The molecule has 2 N–H and O–H groups in total. The van der Waals surface area contributed by atoms with Gasteiger partial charge < -0.3 is 48.5 Å². The predicted molar refractivity (Wildman–Crippen MR) is 330 cm³/mol. The maximum Gasteiger partial charge on any atom is 0.418 e. The van der Waals surface area contributed by atoms with Gasteiger partial charge in [-0.15, -0.1) is 0 Å². The molecule has 4 aliphatic heterocycles. The zero-order valence-corrected chi connectivity index (χ0v) is 48.6. The Morgan fingerprint density at radius 1 is 0.462 bits per heavy atom. The molecule has 4 atom stereocenters. The van der Waals surface area contributed by atoms with Crippen molar-refractivity contribution in [2.24, 2.45) is 0 Å². The number of pyridine rings is 2. The molecule has 462 valence electrons. The fourth-order valence-electron chi connectivity index (χ4n) is 11.7. The number of para-hydroxylation sites is 4. The Balaban J connectivity index is 0.994. The number of hydrogen-bond acceptors (Lipinski definition) is 16. The first-order chi connectivity index (χ1) is 45.1. The van der Waals surface area contributed by atoms with E-state index in [0.717, 1.165) is 4.90 Å². The first-order valence-electron chi connectivity index (χ1n) is 29.3. The molecule has 0 bridgehead atoms. The fourth-order valence-corrected chi connectivity index (χ4v) is 11.7. The molecule has 20 nitrogen and oxygen atoms in total. The van der Waals surface area contributed by atoms with Gasteiger partial charge in [-0.2, -0.15) is 13.2 Å². The quantitative estimate of drug-likeness (QED) is 0.0312. The largest absolute Gasteiger partial charge is 0.491 e. The summed E-state index contributed by atoms with van der Waals surface area (Å²) in [4.78, 5) is 101. The first kappa shape index (κ1) is 57.7. The van der Waals surface area contributed by atoms with Crippen LogP contribution in [0, 0.1) is 0 Å². The Kier molecular flexibility index (Phi) is 14.3. The van der Waals surface area contributed by atoms with Gasteiger partial charge in [0.05, 0.1) is 35.5 Å². The highest BCUT2D eigenvalue weighted by molar-refractivity contribution is 6.45. The van der Waals surface area contributed by atoms with Crippen molar-refractivity contribution < 1.29 is 79.8 Å². The van der Waals surface area contributed by atoms with Crippen LogP contribution in [0.3, 0.4) is 0 Å². The number of nitrogens with one attached hydrogen (secondary N) is 2. The van der Waals surface area contributed by atoms with Crippen LogP contribution in [-0.2, 0) is 19.1 Å². The van der Waals surface area contributed by atoms with E-state index in [-0.39, 0.29) is 148 Å². The number of hydrogen-bond donors (Lipinski definition) is 2. The van der Waals surface area contributed by atoms with Gasteiger partial charge in [0.2, 0.25) is 11.9 Å². The van der Waals surface area contributed by atoms with Crippen molar-refractivity contribution in [3.8, 4) is 57.5 Å². The number of ether oxygens (including phenoxy) is 8. The standard InChI is InChI=1S/C70H47F3N6O14/c1-36(64(80)76-53-26-41(22-24-74-53)86-32-43-34-88-43)78-66(82)45-28-49(90-37-14-6-2-7-15-37)57-59-51(92-39-18-10-4-11-19-39)30-47-56-48(69(85)79(68(47)84)63(70(71,72)73)65(81)77-54-27-42(23-25-75-54)87-33-44-35-89-44)31-52(93-40-20-12-5-13-21-40)60(62(56)59)58-50(91-38-16-8-3-9-17-38)29-46(67(78)83)55(45)61(57)58/h2-31,36,43-44,63H,32-35H2,1H3,(H,74,76,80)(H,75,77,81). The van der Waals surface area contributed by atoms with Crippen LogP contribution in [-0.4, -0.2) is 112 Å². The van der Waals surface area contributed by atoms with Crippen molar-refractivity contribution in [1.82, 2.24) is 19.8 Å². The number of epoxide rings is 2. The molecule has 2 aromatic heterocycles. The zero-order valence-electron chi connectivity index (χ0n) is 48.6. The van der Waals surface area contributed by atoms with E-state index < -0.39 is 64.8 Å². The lowest BCUT2D eigenvalue weighted by molar-refractivity contribution is -0.177. The lowest BCUT2D eigenvalue weighted by Crippen LogP contribution is -2.58. The highest BCUT2D eigenvalue weighted by Crippen LogP contribution is 2.58. The van der Waals surface area contributed by atoms with E-state index in [1.54, 1.807) is 127 Å². The summed E-state index contributed by atoms with van der Waals surface area (Å²) in [5, 5.41) is 5.13. The number of halogens is 3. The molecule has 0 aliphatic carbocycles. The first-order valence-corrected chi connectivity index (χ1v) is 29.3. The Bertz CT molecular complexity index is 4670. The van der Waals surface area contributed by atoms with Gasteiger partial charge >= 0.3 is 6.18 Å². The number of rotatable bonds is 20. The number of imide groups is 2. The molecule has 4 unspecified atom stereocenters. The van der Waals surface area contributed by atoms with Gasteiger partial charge in [0.1, 0.15) is 101 Å². The molecule has 0 spiro atoms. The number of fused-ring (bicyclic) bond motifs is 2. The van der Waals surface area contributed by atoms with Crippen LogP contribution < -0.4 is 39.1 Å². The van der Waals surface area contributed by atoms with E-state index in [4.69, 9.17) is 37.9 Å². The number of nitrogens with zero attached hydrogens (tertiary/aromatic N) is 4. The van der Waals surface area contributed by atoms with E-state index in [1.807, 2.05) is 0 Å². The Morgan fingerprint density at radius 2 is 0.785 bits per heavy atom. The van der Waals surface area contributed by atoms with Crippen molar-refractivity contribution in [2.75, 3.05) is 37.1 Å². The molecule has 15 rings (SSSR count). The molecule has 2 fully saturated rings. The smallest absolute Gasteiger partial charge is 0.418 e. The third-order valence-electron chi connectivity index (χ3n) is 16.1. The average Bonchev–Trinajstić information content (AvgIpc) is 1.03. The maximum atomic E-state index is 16.0. The number of aromatic nitrogens is 2. The Labute approximate surface area is 524 Å². The van der Waals surface area contributed by atoms with Crippen molar-refractivity contribution in [1.29, 1.82) is 0 Å². The van der Waals surface area contributed by atoms with Crippen molar-refractivity contribution in [2.45, 2.75) is 37.4 Å². The third kappa shape index (κ3) is 10.7. The highest BCUT2D eigenvalue weighted by Gasteiger charge is 2.55.